The fourth-order valence-corrected chi connectivity index (χ4v) is 5.62. The van der Waals surface area contributed by atoms with Gasteiger partial charge in [-0.25, -0.2) is 43.9 Å². The zero-order chi connectivity index (χ0) is 32.9. The van der Waals surface area contributed by atoms with E-state index in [0.29, 0.717) is 29.9 Å². The van der Waals surface area contributed by atoms with Gasteiger partial charge in [-0.15, -0.1) is 0 Å². The lowest BCUT2D eigenvalue weighted by atomic mass is 9.79. The Hall–Kier alpha value is -4.87. The minimum atomic E-state index is -2.23. The van der Waals surface area contributed by atoms with Crippen molar-refractivity contribution < 1.29 is 43.9 Å². The molecule has 0 aromatic heterocycles. The zero-order valence-corrected chi connectivity index (χ0v) is 23.4. The van der Waals surface area contributed by atoms with Gasteiger partial charge < -0.3 is 5.32 Å². The van der Waals surface area contributed by atoms with Gasteiger partial charge in [0.05, 0.1) is 16.8 Å². The van der Waals surface area contributed by atoms with Crippen LogP contribution in [0.25, 0.3) is 22.3 Å². The maximum Gasteiger partial charge on any atom is 0.200 e. The van der Waals surface area contributed by atoms with E-state index in [1.165, 1.54) is 48.5 Å². The molecule has 6 rings (SSSR count). The van der Waals surface area contributed by atoms with E-state index < -0.39 is 69.3 Å². The van der Waals surface area contributed by atoms with Gasteiger partial charge in [0.1, 0.15) is 0 Å². The van der Waals surface area contributed by atoms with Crippen LogP contribution in [0.15, 0.2) is 76.9 Å². The Balaban J connectivity index is 1.20. The second-order valence-electron chi connectivity index (χ2n) is 10.8. The van der Waals surface area contributed by atoms with Gasteiger partial charge in [-0.3, -0.25) is 4.99 Å². The number of fused-ring (bicyclic) bond motifs is 1. The van der Waals surface area contributed by atoms with Crippen LogP contribution in [-0.4, -0.2) is 5.71 Å². The number of aliphatic imine (C=N–C) groups is 1. The average Bonchev–Trinajstić information content (AvgIpc) is 3.06. The number of halogens is 10. The summed E-state index contributed by atoms with van der Waals surface area (Å²) >= 11 is 0. The molecule has 1 unspecified atom stereocenters. The summed E-state index contributed by atoms with van der Waals surface area (Å²) in [5.41, 5.74) is 1.00. The summed E-state index contributed by atoms with van der Waals surface area (Å²) in [6.07, 6.45) is 6.79. The van der Waals surface area contributed by atoms with Crippen molar-refractivity contribution >= 4 is 17.1 Å². The Morgan fingerprint density at radius 2 is 0.935 bits per heavy atom. The molecule has 4 aromatic carbocycles. The highest BCUT2D eigenvalue weighted by Gasteiger charge is 2.28. The molecule has 0 radical (unpaired) electrons. The van der Waals surface area contributed by atoms with Crippen LogP contribution < -0.4 is 5.32 Å². The average molecular weight is 647 g/mol. The molecule has 236 valence electrons. The summed E-state index contributed by atoms with van der Waals surface area (Å²) in [6, 6.07) is 10.7. The molecule has 0 bridgehead atoms. The van der Waals surface area contributed by atoms with Gasteiger partial charge in [-0.05, 0) is 84.7 Å². The van der Waals surface area contributed by atoms with Crippen molar-refractivity contribution in [2.75, 3.05) is 5.32 Å². The standard InChI is InChI=1S/C34H20F10N2/c35-25-23(26(36)30(40)33(43)29(25)39)16-3-7-19(8-4-16)45-21-11-1-15-2-12-22(14-18(15)13-21)46-20-9-5-17(6-10-20)24-27(37)31(41)34(44)32(42)28(24)38/h3-10,13-15,45H,1-2,11-12H2/b46-22+. The highest BCUT2D eigenvalue weighted by molar-refractivity contribution is 5.98. The lowest BCUT2D eigenvalue weighted by molar-refractivity contribution is 0.381. The number of anilines is 1. The number of hydrogen-bond acceptors (Lipinski definition) is 2. The van der Waals surface area contributed by atoms with Crippen LogP contribution in [0.4, 0.5) is 55.3 Å². The van der Waals surface area contributed by atoms with Crippen molar-refractivity contribution in [2.45, 2.75) is 25.7 Å². The minimum Gasteiger partial charge on any atom is -0.359 e. The van der Waals surface area contributed by atoms with Crippen LogP contribution in [-0.2, 0) is 0 Å². The van der Waals surface area contributed by atoms with Crippen LogP contribution in [0, 0.1) is 64.1 Å². The van der Waals surface area contributed by atoms with Crippen molar-refractivity contribution in [3.63, 3.8) is 0 Å². The van der Waals surface area contributed by atoms with Gasteiger partial charge in [-0.1, -0.05) is 24.3 Å². The number of nitrogens with one attached hydrogen (secondary N) is 1. The topological polar surface area (TPSA) is 24.4 Å². The summed E-state index contributed by atoms with van der Waals surface area (Å²) in [4.78, 5) is 4.57. The van der Waals surface area contributed by atoms with Crippen molar-refractivity contribution in [1.82, 2.24) is 0 Å². The van der Waals surface area contributed by atoms with E-state index in [1.807, 2.05) is 12.2 Å². The third kappa shape index (κ3) is 5.56. The molecule has 0 aliphatic heterocycles. The molecule has 0 heterocycles. The first kappa shape index (κ1) is 31.1. The van der Waals surface area contributed by atoms with Crippen LogP contribution in [0.3, 0.4) is 0 Å². The van der Waals surface area contributed by atoms with Crippen LogP contribution >= 0.6 is 0 Å². The van der Waals surface area contributed by atoms with E-state index in [4.69, 9.17) is 0 Å². The van der Waals surface area contributed by atoms with Gasteiger partial charge in [0, 0.05) is 17.1 Å². The van der Waals surface area contributed by atoms with Crippen LogP contribution in [0.2, 0.25) is 0 Å². The van der Waals surface area contributed by atoms with E-state index in [0.717, 1.165) is 24.1 Å². The highest BCUT2D eigenvalue weighted by atomic mass is 19.2. The number of rotatable bonds is 5. The molecule has 2 aliphatic rings. The van der Waals surface area contributed by atoms with Crippen LogP contribution in [0.5, 0.6) is 0 Å². The van der Waals surface area contributed by atoms with Crippen molar-refractivity contribution in [3.05, 3.63) is 130 Å². The monoisotopic (exact) mass is 646 g/mol. The predicted molar refractivity (Wildman–Crippen MR) is 152 cm³/mol. The molecule has 12 heteroatoms. The van der Waals surface area contributed by atoms with E-state index >= 15 is 0 Å². The first-order chi connectivity index (χ1) is 21.9. The third-order valence-electron chi connectivity index (χ3n) is 7.98. The predicted octanol–water partition coefficient (Wildman–Crippen LogP) is 10.6. The number of allylic oxidation sites excluding steroid dienone is 4. The second-order valence-corrected chi connectivity index (χ2v) is 10.8. The molecular formula is C34H20F10N2. The molecule has 4 aromatic rings. The maximum absolute atomic E-state index is 14.2. The quantitative estimate of drug-likeness (QED) is 0.130. The molecule has 0 saturated carbocycles. The van der Waals surface area contributed by atoms with Gasteiger partial charge in [0.2, 0.25) is 11.6 Å². The molecule has 2 aliphatic carbocycles. The Bertz CT molecular complexity index is 1900. The Kier molecular flexibility index (Phi) is 8.22. The normalized spacial score (nSPS) is 17.1. The molecule has 46 heavy (non-hydrogen) atoms. The molecular weight excluding hydrogens is 626 g/mol. The van der Waals surface area contributed by atoms with Crippen molar-refractivity contribution in [1.29, 1.82) is 0 Å². The smallest absolute Gasteiger partial charge is 0.200 e. The summed E-state index contributed by atoms with van der Waals surface area (Å²) in [6.45, 7) is 0. The minimum absolute atomic E-state index is 0.188. The Morgan fingerprint density at radius 1 is 0.500 bits per heavy atom. The number of benzene rings is 4. The molecule has 2 nitrogen and oxygen atoms in total. The molecule has 0 amide bonds. The fourth-order valence-electron chi connectivity index (χ4n) is 5.62. The van der Waals surface area contributed by atoms with Gasteiger partial charge in [0.25, 0.3) is 0 Å². The molecule has 1 N–H and O–H groups in total. The first-order valence-corrected chi connectivity index (χ1v) is 13.9. The van der Waals surface area contributed by atoms with E-state index in [9.17, 15) is 43.9 Å². The SMILES string of the molecule is Fc1c(F)c(F)c(-c2ccc(/N=C3/C=C4C=C(Nc5ccc(-c6c(F)c(F)c(F)c(F)c6F)cc5)CCC4CC3)cc2)c(F)c1F. The van der Waals surface area contributed by atoms with Gasteiger partial charge in [-0.2, -0.15) is 0 Å². The summed E-state index contributed by atoms with van der Waals surface area (Å²) in [7, 11) is 0. The van der Waals surface area contributed by atoms with E-state index in [1.54, 1.807) is 0 Å². The highest BCUT2D eigenvalue weighted by Crippen LogP contribution is 2.37. The van der Waals surface area contributed by atoms with E-state index in [2.05, 4.69) is 10.3 Å². The summed E-state index contributed by atoms with van der Waals surface area (Å²) < 4.78 is 138. The van der Waals surface area contributed by atoms with Crippen LogP contribution in [0.1, 0.15) is 25.7 Å². The van der Waals surface area contributed by atoms with Crippen molar-refractivity contribution in [3.8, 4) is 22.3 Å². The molecule has 0 saturated heterocycles. The molecule has 0 spiro atoms. The third-order valence-corrected chi connectivity index (χ3v) is 7.98. The first-order valence-electron chi connectivity index (χ1n) is 13.9. The number of nitrogens with zero attached hydrogens (tertiary/aromatic N) is 1. The van der Waals surface area contributed by atoms with E-state index in [-0.39, 0.29) is 17.0 Å². The van der Waals surface area contributed by atoms with Crippen molar-refractivity contribution in [2.24, 2.45) is 10.9 Å². The largest absolute Gasteiger partial charge is 0.359 e. The molecule has 0 fully saturated rings. The maximum atomic E-state index is 14.2. The molecule has 1 atom stereocenters. The fraction of sp³-hybridized carbons (Fsp3) is 0.147. The zero-order valence-electron chi connectivity index (χ0n) is 23.4. The second kappa shape index (κ2) is 12.1. The van der Waals surface area contributed by atoms with Gasteiger partial charge >= 0.3 is 0 Å². The summed E-state index contributed by atoms with van der Waals surface area (Å²) in [5.74, 6) is -20.0. The Labute approximate surface area is 255 Å². The summed E-state index contributed by atoms with van der Waals surface area (Å²) in [5, 5.41) is 3.21. The lowest BCUT2D eigenvalue weighted by Crippen LogP contribution is -2.18. The lowest BCUT2D eigenvalue weighted by Gasteiger charge is -2.29. The van der Waals surface area contributed by atoms with Gasteiger partial charge in [0.15, 0.2) is 46.5 Å². The Morgan fingerprint density at radius 3 is 1.43 bits per heavy atom. The number of hydrogen-bond donors (Lipinski definition) is 1.